The van der Waals surface area contributed by atoms with Crippen LogP contribution in [0.2, 0.25) is 0 Å². The maximum absolute atomic E-state index is 2.42. The van der Waals surface area contributed by atoms with Crippen LogP contribution in [0.4, 0.5) is 0 Å². The van der Waals surface area contributed by atoms with Gasteiger partial charge in [-0.1, -0.05) is 38.8 Å². The third-order valence-corrected chi connectivity index (χ3v) is 4.40. The molecule has 1 aliphatic carbocycles. The van der Waals surface area contributed by atoms with E-state index in [1.165, 1.54) is 12.8 Å². The molecule has 1 fully saturated rings. The summed E-state index contributed by atoms with van der Waals surface area (Å²) in [6.07, 6.45) is 2.70. The van der Waals surface area contributed by atoms with Crippen molar-refractivity contribution in [2.24, 2.45) is 17.3 Å². The summed E-state index contributed by atoms with van der Waals surface area (Å²) in [4.78, 5) is 0. The van der Waals surface area contributed by atoms with Crippen molar-refractivity contribution in [3.63, 3.8) is 0 Å². The van der Waals surface area contributed by atoms with Crippen LogP contribution in [0, 0.1) is 17.3 Å². The standard InChI is InChI=1S/C13H24/c1-9(2)12-8-7-10(3)13(5,6)11(12)4/h10-11H,7-8H2,1-6H3/t10-,11+/m1/s1. The summed E-state index contributed by atoms with van der Waals surface area (Å²) in [7, 11) is 0. The van der Waals surface area contributed by atoms with Crippen LogP contribution in [0.3, 0.4) is 0 Å². The fraction of sp³-hybridized carbons (Fsp3) is 0.846. The van der Waals surface area contributed by atoms with Crippen LogP contribution in [-0.2, 0) is 0 Å². The molecule has 0 amide bonds. The van der Waals surface area contributed by atoms with E-state index in [9.17, 15) is 0 Å². The van der Waals surface area contributed by atoms with Crippen LogP contribution < -0.4 is 0 Å². The summed E-state index contributed by atoms with van der Waals surface area (Å²) in [5.41, 5.74) is 3.75. The average Bonchev–Trinajstić information content (AvgIpc) is 2.01. The SMILES string of the molecule is CC(C)=C1CC[C@@H](C)C(C)(C)[C@H]1C. The summed E-state index contributed by atoms with van der Waals surface area (Å²) in [5.74, 6) is 1.63. The third-order valence-electron chi connectivity index (χ3n) is 4.40. The highest BCUT2D eigenvalue weighted by Crippen LogP contribution is 2.47. The molecule has 0 aromatic carbocycles. The van der Waals surface area contributed by atoms with Gasteiger partial charge in [0, 0.05) is 0 Å². The van der Waals surface area contributed by atoms with Gasteiger partial charge in [0.2, 0.25) is 0 Å². The molecule has 0 aromatic heterocycles. The molecule has 1 rings (SSSR count). The van der Waals surface area contributed by atoms with Gasteiger partial charge in [0.1, 0.15) is 0 Å². The van der Waals surface area contributed by atoms with E-state index >= 15 is 0 Å². The molecule has 0 radical (unpaired) electrons. The van der Waals surface area contributed by atoms with Gasteiger partial charge in [-0.2, -0.15) is 0 Å². The van der Waals surface area contributed by atoms with Crippen LogP contribution in [0.25, 0.3) is 0 Å². The van der Waals surface area contributed by atoms with Crippen molar-refractivity contribution < 1.29 is 0 Å². The van der Waals surface area contributed by atoms with E-state index < -0.39 is 0 Å². The van der Waals surface area contributed by atoms with Gasteiger partial charge in [0.15, 0.2) is 0 Å². The lowest BCUT2D eigenvalue weighted by Crippen LogP contribution is -2.35. The predicted octanol–water partition coefficient (Wildman–Crippen LogP) is 4.42. The van der Waals surface area contributed by atoms with Crippen molar-refractivity contribution in [3.8, 4) is 0 Å². The molecule has 0 aliphatic heterocycles. The lowest BCUT2D eigenvalue weighted by molar-refractivity contribution is 0.123. The topological polar surface area (TPSA) is 0 Å². The molecule has 0 bridgehead atoms. The fourth-order valence-electron chi connectivity index (χ4n) is 2.52. The Morgan fingerprint density at radius 3 is 2.23 bits per heavy atom. The second kappa shape index (κ2) is 3.48. The summed E-state index contributed by atoms with van der Waals surface area (Å²) >= 11 is 0. The highest BCUT2D eigenvalue weighted by atomic mass is 14.4. The second-order valence-corrected chi connectivity index (χ2v) is 5.51. The van der Waals surface area contributed by atoms with E-state index in [-0.39, 0.29) is 0 Å². The number of allylic oxidation sites excluding steroid dienone is 2. The molecule has 0 aromatic rings. The van der Waals surface area contributed by atoms with Crippen LogP contribution >= 0.6 is 0 Å². The van der Waals surface area contributed by atoms with Crippen LogP contribution in [0.1, 0.15) is 54.4 Å². The number of rotatable bonds is 0. The van der Waals surface area contributed by atoms with Gasteiger partial charge in [0.05, 0.1) is 0 Å². The van der Waals surface area contributed by atoms with Crippen molar-refractivity contribution in [2.45, 2.75) is 54.4 Å². The van der Waals surface area contributed by atoms with E-state index in [4.69, 9.17) is 0 Å². The predicted molar refractivity (Wildman–Crippen MR) is 59.7 cm³/mol. The first-order chi connectivity index (χ1) is 5.87. The lowest BCUT2D eigenvalue weighted by Gasteiger charge is -2.44. The first kappa shape index (κ1) is 10.8. The van der Waals surface area contributed by atoms with Gasteiger partial charge in [-0.15, -0.1) is 0 Å². The molecule has 1 aliphatic rings. The van der Waals surface area contributed by atoms with Crippen molar-refractivity contribution in [3.05, 3.63) is 11.1 Å². The molecule has 0 nitrogen and oxygen atoms in total. The second-order valence-electron chi connectivity index (χ2n) is 5.51. The first-order valence-electron chi connectivity index (χ1n) is 5.53. The summed E-state index contributed by atoms with van der Waals surface area (Å²) < 4.78 is 0. The maximum Gasteiger partial charge on any atom is -0.0175 e. The van der Waals surface area contributed by atoms with Gasteiger partial charge < -0.3 is 0 Å². The molecule has 0 N–H and O–H groups in total. The number of hydrogen-bond acceptors (Lipinski definition) is 0. The summed E-state index contributed by atoms with van der Waals surface area (Å²) in [5, 5.41) is 0. The van der Waals surface area contributed by atoms with Crippen molar-refractivity contribution in [1.29, 1.82) is 0 Å². The van der Waals surface area contributed by atoms with E-state index in [1.54, 1.807) is 11.1 Å². The molecular formula is C13H24. The molecule has 0 heteroatoms. The molecule has 0 unspecified atom stereocenters. The first-order valence-corrected chi connectivity index (χ1v) is 5.53. The minimum Gasteiger partial charge on any atom is -0.0769 e. The molecule has 76 valence electrons. The monoisotopic (exact) mass is 180 g/mol. The molecule has 13 heavy (non-hydrogen) atoms. The molecule has 0 heterocycles. The highest BCUT2D eigenvalue weighted by Gasteiger charge is 2.37. The molecule has 1 saturated carbocycles. The maximum atomic E-state index is 2.42. The molecule has 2 atom stereocenters. The van der Waals surface area contributed by atoms with Crippen molar-refractivity contribution in [2.75, 3.05) is 0 Å². The summed E-state index contributed by atoms with van der Waals surface area (Å²) in [6, 6.07) is 0. The smallest absolute Gasteiger partial charge is 0.0175 e. The van der Waals surface area contributed by atoms with E-state index in [2.05, 4.69) is 41.5 Å². The highest BCUT2D eigenvalue weighted by molar-refractivity contribution is 5.18. The molecular weight excluding hydrogens is 156 g/mol. The van der Waals surface area contributed by atoms with E-state index in [1.807, 2.05) is 0 Å². The van der Waals surface area contributed by atoms with Crippen molar-refractivity contribution >= 4 is 0 Å². The number of hydrogen-bond donors (Lipinski definition) is 0. The largest absolute Gasteiger partial charge is 0.0769 e. The van der Waals surface area contributed by atoms with Crippen molar-refractivity contribution in [1.82, 2.24) is 0 Å². The van der Waals surface area contributed by atoms with E-state index in [0.29, 0.717) is 5.41 Å². The van der Waals surface area contributed by atoms with Gasteiger partial charge in [-0.3, -0.25) is 0 Å². The zero-order valence-corrected chi connectivity index (χ0v) is 10.1. The molecule has 0 saturated heterocycles. The van der Waals surface area contributed by atoms with Crippen LogP contribution in [-0.4, -0.2) is 0 Å². The van der Waals surface area contributed by atoms with Crippen LogP contribution in [0.15, 0.2) is 11.1 Å². The molecule has 0 spiro atoms. The van der Waals surface area contributed by atoms with Gasteiger partial charge in [-0.25, -0.2) is 0 Å². The Bertz CT molecular complexity index is 216. The minimum atomic E-state index is 0.491. The van der Waals surface area contributed by atoms with Gasteiger partial charge >= 0.3 is 0 Å². The minimum absolute atomic E-state index is 0.491. The van der Waals surface area contributed by atoms with Gasteiger partial charge in [-0.05, 0) is 43.9 Å². The summed E-state index contributed by atoms with van der Waals surface area (Å²) in [6.45, 7) is 14.2. The Balaban J connectivity index is 2.96. The fourth-order valence-corrected chi connectivity index (χ4v) is 2.52. The lowest BCUT2D eigenvalue weighted by atomic mass is 9.61. The zero-order valence-electron chi connectivity index (χ0n) is 10.1. The van der Waals surface area contributed by atoms with Crippen LogP contribution in [0.5, 0.6) is 0 Å². The Morgan fingerprint density at radius 2 is 1.77 bits per heavy atom. The van der Waals surface area contributed by atoms with Gasteiger partial charge in [0.25, 0.3) is 0 Å². The third kappa shape index (κ3) is 1.82. The Morgan fingerprint density at radius 1 is 1.23 bits per heavy atom. The Kier molecular flexibility index (Phi) is 2.89. The van der Waals surface area contributed by atoms with E-state index in [0.717, 1.165) is 11.8 Å². The Labute approximate surface area is 83.4 Å². The average molecular weight is 180 g/mol. The quantitative estimate of drug-likeness (QED) is 0.484. The Hall–Kier alpha value is -0.260. The normalized spacial score (nSPS) is 33.2. The zero-order chi connectivity index (χ0) is 10.2.